The summed E-state index contributed by atoms with van der Waals surface area (Å²) in [5.41, 5.74) is 0.418. The lowest BCUT2D eigenvalue weighted by Crippen LogP contribution is -2.07. The normalized spacial score (nSPS) is 11.6. The fourth-order valence-corrected chi connectivity index (χ4v) is 2.21. The van der Waals surface area contributed by atoms with Crippen molar-refractivity contribution in [2.24, 2.45) is 0 Å². The minimum absolute atomic E-state index is 0.0620. The molecule has 0 saturated carbocycles. The van der Waals surface area contributed by atoms with Gasteiger partial charge in [0.05, 0.1) is 5.56 Å². The summed E-state index contributed by atoms with van der Waals surface area (Å²) in [5, 5.41) is 0.269. The van der Waals surface area contributed by atoms with Gasteiger partial charge >= 0.3 is 6.18 Å². The SMILES string of the molecule is FC(F)(F)c1ccccc1-c1cc(CCl)ccc1Cl. The molecule has 0 amide bonds. The van der Waals surface area contributed by atoms with E-state index in [4.69, 9.17) is 23.2 Å². The maximum absolute atomic E-state index is 13.0. The Hall–Kier alpha value is -1.19. The van der Waals surface area contributed by atoms with Crippen LogP contribution in [0.1, 0.15) is 11.1 Å². The molecule has 0 aliphatic heterocycles. The Morgan fingerprint density at radius 3 is 2.26 bits per heavy atom. The highest BCUT2D eigenvalue weighted by Crippen LogP contribution is 2.39. The maximum atomic E-state index is 13.0. The molecule has 0 spiro atoms. The van der Waals surface area contributed by atoms with E-state index in [0.717, 1.165) is 11.6 Å². The molecule has 0 radical (unpaired) electrons. The number of hydrogen-bond donors (Lipinski definition) is 0. The predicted molar refractivity (Wildman–Crippen MR) is 71.4 cm³/mol. The summed E-state index contributed by atoms with van der Waals surface area (Å²) >= 11 is 11.7. The van der Waals surface area contributed by atoms with Gasteiger partial charge in [0.1, 0.15) is 0 Å². The summed E-state index contributed by atoms with van der Waals surface area (Å²) in [6.07, 6.45) is -4.42. The Bertz CT molecular complexity index is 591. The first-order valence-corrected chi connectivity index (χ1v) is 6.35. The number of halogens is 5. The summed E-state index contributed by atoms with van der Waals surface area (Å²) in [6.45, 7) is 0. The predicted octanol–water partition coefficient (Wildman–Crippen LogP) is 5.76. The molecule has 0 fully saturated rings. The Kier molecular flexibility index (Phi) is 4.07. The summed E-state index contributed by atoms with van der Waals surface area (Å²) in [7, 11) is 0. The van der Waals surface area contributed by atoms with Crippen molar-refractivity contribution in [3.8, 4) is 11.1 Å². The van der Waals surface area contributed by atoms with Crippen LogP contribution in [0.25, 0.3) is 11.1 Å². The van der Waals surface area contributed by atoms with Crippen molar-refractivity contribution >= 4 is 23.2 Å². The lowest BCUT2D eigenvalue weighted by atomic mass is 9.98. The Labute approximate surface area is 118 Å². The standard InChI is InChI=1S/C14H9Cl2F3/c15-8-9-5-6-13(16)11(7-9)10-3-1-2-4-12(10)14(17,18)19/h1-7H,8H2. The lowest BCUT2D eigenvalue weighted by Gasteiger charge is -2.14. The average molecular weight is 305 g/mol. The van der Waals surface area contributed by atoms with Gasteiger partial charge in [0.25, 0.3) is 0 Å². The Balaban J connectivity index is 2.65. The second-order valence-electron chi connectivity index (χ2n) is 3.99. The van der Waals surface area contributed by atoms with Gasteiger partial charge in [-0.3, -0.25) is 0 Å². The smallest absolute Gasteiger partial charge is 0.166 e. The Morgan fingerprint density at radius 1 is 0.947 bits per heavy atom. The number of rotatable bonds is 2. The third-order valence-electron chi connectivity index (χ3n) is 2.71. The van der Waals surface area contributed by atoms with Gasteiger partial charge in [-0.05, 0) is 29.3 Å². The van der Waals surface area contributed by atoms with Crippen LogP contribution in [-0.2, 0) is 12.1 Å². The van der Waals surface area contributed by atoms with Crippen LogP contribution < -0.4 is 0 Å². The van der Waals surface area contributed by atoms with Crippen LogP contribution >= 0.6 is 23.2 Å². The number of hydrogen-bond acceptors (Lipinski definition) is 0. The van der Waals surface area contributed by atoms with Crippen molar-refractivity contribution in [2.75, 3.05) is 0 Å². The molecule has 0 nitrogen and oxygen atoms in total. The highest BCUT2D eigenvalue weighted by atomic mass is 35.5. The third-order valence-corrected chi connectivity index (χ3v) is 3.35. The van der Waals surface area contributed by atoms with Crippen LogP contribution in [0.4, 0.5) is 13.2 Å². The molecule has 0 unspecified atom stereocenters. The van der Waals surface area contributed by atoms with E-state index in [1.807, 2.05) is 0 Å². The van der Waals surface area contributed by atoms with E-state index >= 15 is 0 Å². The molecule has 0 heterocycles. The first kappa shape index (κ1) is 14.2. The molecule has 0 aromatic heterocycles. The topological polar surface area (TPSA) is 0 Å². The molecule has 0 aliphatic rings. The molecule has 2 aromatic carbocycles. The minimum atomic E-state index is -4.42. The molecule has 100 valence electrons. The van der Waals surface area contributed by atoms with Gasteiger partial charge in [-0.15, -0.1) is 11.6 Å². The molecule has 0 aliphatic carbocycles. The van der Waals surface area contributed by atoms with Gasteiger partial charge in [0.15, 0.2) is 0 Å². The second kappa shape index (κ2) is 5.43. The fraction of sp³-hybridized carbons (Fsp3) is 0.143. The molecule has 5 heteroatoms. The van der Waals surface area contributed by atoms with Crippen LogP contribution in [0.5, 0.6) is 0 Å². The molecule has 2 aromatic rings. The van der Waals surface area contributed by atoms with Crippen LogP contribution in [0.2, 0.25) is 5.02 Å². The van der Waals surface area contributed by atoms with E-state index in [1.54, 1.807) is 24.3 Å². The lowest BCUT2D eigenvalue weighted by molar-refractivity contribution is -0.137. The fourth-order valence-electron chi connectivity index (χ4n) is 1.83. The molecular formula is C14H9Cl2F3. The summed E-state index contributed by atoms with van der Waals surface area (Å²) < 4.78 is 38.9. The summed E-state index contributed by atoms with van der Waals surface area (Å²) in [5.74, 6) is 0.221. The van der Waals surface area contributed by atoms with Crippen molar-refractivity contribution in [3.05, 3.63) is 58.6 Å². The zero-order valence-electron chi connectivity index (χ0n) is 9.64. The van der Waals surface area contributed by atoms with E-state index < -0.39 is 11.7 Å². The maximum Gasteiger partial charge on any atom is 0.417 e. The van der Waals surface area contributed by atoms with Crippen LogP contribution in [0.3, 0.4) is 0 Å². The second-order valence-corrected chi connectivity index (χ2v) is 4.67. The van der Waals surface area contributed by atoms with E-state index in [9.17, 15) is 13.2 Å². The zero-order valence-corrected chi connectivity index (χ0v) is 11.2. The van der Waals surface area contributed by atoms with Gasteiger partial charge in [-0.1, -0.05) is 35.9 Å². The monoisotopic (exact) mass is 304 g/mol. The first-order chi connectivity index (χ1) is 8.93. The summed E-state index contributed by atoms with van der Waals surface area (Å²) in [4.78, 5) is 0. The van der Waals surface area contributed by atoms with E-state index in [2.05, 4.69) is 0 Å². The molecular weight excluding hydrogens is 296 g/mol. The van der Waals surface area contributed by atoms with Crippen LogP contribution in [0.15, 0.2) is 42.5 Å². The molecule has 0 saturated heterocycles. The van der Waals surface area contributed by atoms with Crippen LogP contribution in [-0.4, -0.2) is 0 Å². The van der Waals surface area contributed by atoms with Gasteiger partial charge in [-0.2, -0.15) is 13.2 Å². The van der Waals surface area contributed by atoms with E-state index in [-0.39, 0.29) is 16.5 Å². The van der Waals surface area contributed by atoms with Crippen LogP contribution in [0, 0.1) is 0 Å². The Morgan fingerprint density at radius 2 is 1.63 bits per heavy atom. The zero-order chi connectivity index (χ0) is 14.0. The highest BCUT2D eigenvalue weighted by molar-refractivity contribution is 6.33. The molecule has 0 atom stereocenters. The van der Waals surface area contributed by atoms with Crippen molar-refractivity contribution in [3.63, 3.8) is 0 Å². The summed E-state index contributed by atoms with van der Waals surface area (Å²) in [6, 6.07) is 10.2. The van der Waals surface area contributed by atoms with Gasteiger partial charge in [0, 0.05) is 16.5 Å². The van der Waals surface area contributed by atoms with Crippen molar-refractivity contribution in [1.82, 2.24) is 0 Å². The van der Waals surface area contributed by atoms with Crippen molar-refractivity contribution in [2.45, 2.75) is 12.1 Å². The molecule has 19 heavy (non-hydrogen) atoms. The third kappa shape index (κ3) is 3.04. The number of alkyl halides is 4. The van der Waals surface area contributed by atoms with E-state index in [1.165, 1.54) is 12.1 Å². The molecule has 0 bridgehead atoms. The average Bonchev–Trinajstić information content (AvgIpc) is 2.38. The molecule has 0 N–H and O–H groups in total. The van der Waals surface area contributed by atoms with Crippen molar-refractivity contribution in [1.29, 1.82) is 0 Å². The largest absolute Gasteiger partial charge is 0.417 e. The minimum Gasteiger partial charge on any atom is -0.166 e. The number of benzene rings is 2. The van der Waals surface area contributed by atoms with Gasteiger partial charge < -0.3 is 0 Å². The van der Waals surface area contributed by atoms with E-state index in [0.29, 0.717) is 5.56 Å². The highest BCUT2D eigenvalue weighted by Gasteiger charge is 2.33. The van der Waals surface area contributed by atoms with Crippen molar-refractivity contribution < 1.29 is 13.2 Å². The van der Waals surface area contributed by atoms with Gasteiger partial charge in [-0.25, -0.2) is 0 Å². The first-order valence-electron chi connectivity index (χ1n) is 5.44. The van der Waals surface area contributed by atoms with Gasteiger partial charge in [0.2, 0.25) is 0 Å². The molecule has 2 rings (SSSR count). The quantitative estimate of drug-likeness (QED) is 0.618.